The molecule has 1 heterocycles. The van der Waals surface area contributed by atoms with Crippen LogP contribution in [0, 0.1) is 0 Å². The van der Waals surface area contributed by atoms with E-state index in [4.69, 9.17) is 21.1 Å². The molecule has 0 atom stereocenters. The molecule has 0 aliphatic rings. The monoisotopic (exact) mass is 358 g/mol. The molecule has 2 aromatic carbocycles. The van der Waals surface area contributed by atoms with Crippen LogP contribution in [0.3, 0.4) is 0 Å². The molecule has 128 valence electrons. The highest BCUT2D eigenvalue weighted by atomic mass is 35.5. The minimum absolute atomic E-state index is 0.0907. The van der Waals surface area contributed by atoms with Crippen molar-refractivity contribution in [3.05, 3.63) is 63.5 Å². The van der Waals surface area contributed by atoms with Gasteiger partial charge in [-0.05, 0) is 30.3 Å². The minimum atomic E-state index is -0.283. The van der Waals surface area contributed by atoms with Gasteiger partial charge >= 0.3 is 0 Å². The van der Waals surface area contributed by atoms with Gasteiger partial charge in [0, 0.05) is 6.42 Å². The third kappa shape index (κ3) is 3.34. The zero-order chi connectivity index (χ0) is 17.8. The number of carbonyl (C=O) groups is 1. The molecule has 3 rings (SSSR count). The summed E-state index contributed by atoms with van der Waals surface area (Å²) in [5.74, 6) is 0.524. The average Bonchev–Trinajstić information content (AvgIpc) is 2.62. The Kier molecular flexibility index (Phi) is 5.00. The highest BCUT2D eigenvalue weighted by Gasteiger charge is 2.13. The number of hydrogen-bond donors (Lipinski definition) is 0. The number of para-hydroxylation sites is 2. The molecule has 6 nitrogen and oxygen atoms in total. The van der Waals surface area contributed by atoms with Crippen molar-refractivity contribution in [2.75, 3.05) is 13.7 Å². The second-order valence-corrected chi connectivity index (χ2v) is 5.63. The summed E-state index contributed by atoms with van der Waals surface area (Å²) in [6.45, 7) is 0.441. The van der Waals surface area contributed by atoms with Crippen LogP contribution in [0.15, 0.2) is 47.3 Å². The van der Waals surface area contributed by atoms with E-state index in [0.29, 0.717) is 39.7 Å². The second kappa shape index (κ2) is 7.36. The lowest BCUT2D eigenvalue weighted by Gasteiger charge is -2.13. The minimum Gasteiger partial charge on any atom is -0.495 e. The average molecular weight is 359 g/mol. The maximum absolute atomic E-state index is 12.9. The van der Waals surface area contributed by atoms with E-state index < -0.39 is 0 Å². The molecule has 0 aliphatic heterocycles. The highest BCUT2D eigenvalue weighted by molar-refractivity contribution is 6.32. The summed E-state index contributed by atoms with van der Waals surface area (Å²) in [7, 11) is 1.53. The van der Waals surface area contributed by atoms with Gasteiger partial charge in [-0.3, -0.25) is 14.2 Å². The fourth-order valence-corrected chi connectivity index (χ4v) is 2.85. The van der Waals surface area contributed by atoms with Crippen molar-refractivity contribution in [3.63, 3.8) is 0 Å². The lowest BCUT2D eigenvalue weighted by atomic mass is 10.2. The molecule has 0 saturated carbocycles. The van der Waals surface area contributed by atoms with Gasteiger partial charge in [-0.15, -0.1) is 0 Å². The van der Waals surface area contributed by atoms with Gasteiger partial charge in [0.1, 0.15) is 11.4 Å². The van der Waals surface area contributed by atoms with Gasteiger partial charge in [0.25, 0.3) is 12.0 Å². The van der Waals surface area contributed by atoms with Crippen LogP contribution in [0.5, 0.6) is 5.75 Å². The number of carbonyl (C=O) groups excluding carboxylic acids is 1. The third-order valence-corrected chi connectivity index (χ3v) is 4.04. The van der Waals surface area contributed by atoms with E-state index in [1.54, 1.807) is 22.8 Å². The largest absolute Gasteiger partial charge is 0.495 e. The van der Waals surface area contributed by atoms with Crippen LogP contribution in [-0.4, -0.2) is 29.7 Å². The Morgan fingerprint density at radius 2 is 2.04 bits per heavy atom. The van der Waals surface area contributed by atoms with Crippen molar-refractivity contribution in [3.8, 4) is 11.4 Å². The molecule has 25 heavy (non-hydrogen) atoms. The molecule has 1 aromatic heterocycles. The summed E-state index contributed by atoms with van der Waals surface area (Å²) < 4.78 is 11.4. The van der Waals surface area contributed by atoms with E-state index in [1.165, 1.54) is 7.11 Å². The molecule has 0 N–H and O–H groups in total. The molecule has 0 radical (unpaired) electrons. The first-order valence-corrected chi connectivity index (χ1v) is 7.93. The first kappa shape index (κ1) is 17.0. The van der Waals surface area contributed by atoms with Gasteiger partial charge in [0.2, 0.25) is 0 Å². The summed E-state index contributed by atoms with van der Waals surface area (Å²) in [4.78, 5) is 27.7. The van der Waals surface area contributed by atoms with Crippen molar-refractivity contribution in [2.45, 2.75) is 6.42 Å². The van der Waals surface area contributed by atoms with Crippen LogP contribution in [0.2, 0.25) is 5.02 Å². The zero-order valence-corrected chi connectivity index (χ0v) is 14.2. The molecule has 0 unspecified atom stereocenters. The van der Waals surface area contributed by atoms with E-state index in [9.17, 15) is 9.59 Å². The highest BCUT2D eigenvalue weighted by Crippen LogP contribution is 2.27. The molecule has 7 heteroatoms. The molecule has 0 fully saturated rings. The number of methoxy groups -OCH3 is 1. The second-order valence-electron chi connectivity index (χ2n) is 5.22. The van der Waals surface area contributed by atoms with Crippen LogP contribution in [-0.2, 0) is 16.0 Å². The fourth-order valence-electron chi connectivity index (χ4n) is 2.60. The summed E-state index contributed by atoms with van der Waals surface area (Å²) in [5, 5.41) is 0.402. The molecular weight excluding hydrogens is 344 g/mol. The molecule has 0 bridgehead atoms. The number of nitrogens with zero attached hydrogens (tertiary/aromatic N) is 2. The van der Waals surface area contributed by atoms with Gasteiger partial charge in [-0.25, -0.2) is 4.98 Å². The Morgan fingerprint density at radius 3 is 2.76 bits per heavy atom. The number of aromatic nitrogens is 2. The number of ether oxygens (including phenoxy) is 2. The summed E-state index contributed by atoms with van der Waals surface area (Å²) >= 11 is 6.21. The van der Waals surface area contributed by atoms with Crippen molar-refractivity contribution >= 4 is 29.1 Å². The Hall–Kier alpha value is -2.86. The number of hydrogen-bond acceptors (Lipinski definition) is 5. The maximum Gasteiger partial charge on any atom is 0.293 e. The van der Waals surface area contributed by atoms with Crippen LogP contribution in [0.4, 0.5) is 0 Å². The van der Waals surface area contributed by atoms with Crippen LogP contribution >= 0.6 is 11.6 Å². The molecule has 0 spiro atoms. The van der Waals surface area contributed by atoms with Crippen LogP contribution < -0.4 is 10.3 Å². The van der Waals surface area contributed by atoms with Crippen molar-refractivity contribution in [1.29, 1.82) is 0 Å². The van der Waals surface area contributed by atoms with Crippen molar-refractivity contribution < 1.29 is 14.3 Å². The van der Waals surface area contributed by atoms with Crippen molar-refractivity contribution in [2.24, 2.45) is 0 Å². The summed E-state index contributed by atoms with van der Waals surface area (Å²) in [5.41, 5.74) is 1.96. The van der Waals surface area contributed by atoms with Crippen molar-refractivity contribution in [1.82, 2.24) is 9.55 Å². The molecule has 0 saturated heterocycles. The Morgan fingerprint density at radius 1 is 1.24 bits per heavy atom. The first-order chi connectivity index (χ1) is 12.2. The summed E-state index contributed by atoms with van der Waals surface area (Å²) in [6, 6.07) is 12.4. The lowest BCUT2D eigenvalue weighted by molar-refractivity contribution is -0.128. The molecule has 0 aliphatic carbocycles. The predicted molar refractivity (Wildman–Crippen MR) is 94.6 cm³/mol. The number of halogens is 1. The maximum atomic E-state index is 12.9. The lowest BCUT2D eigenvalue weighted by Crippen LogP contribution is -2.25. The van der Waals surface area contributed by atoms with E-state index in [-0.39, 0.29) is 18.6 Å². The zero-order valence-electron chi connectivity index (χ0n) is 13.4. The number of fused-ring (bicyclic) bond motifs is 1. The first-order valence-electron chi connectivity index (χ1n) is 7.55. The predicted octanol–water partition coefficient (Wildman–Crippen LogP) is 2.76. The Balaban J connectivity index is 2.21. The Labute approximate surface area is 148 Å². The quantitative estimate of drug-likeness (QED) is 0.500. The van der Waals surface area contributed by atoms with Gasteiger partial charge in [0.15, 0.2) is 0 Å². The van der Waals surface area contributed by atoms with E-state index >= 15 is 0 Å². The summed E-state index contributed by atoms with van der Waals surface area (Å²) in [6.07, 6.45) is 0.228. The van der Waals surface area contributed by atoms with E-state index in [2.05, 4.69) is 4.98 Å². The van der Waals surface area contributed by atoms with Crippen LogP contribution in [0.25, 0.3) is 16.7 Å². The van der Waals surface area contributed by atoms with Crippen LogP contribution in [0.1, 0.15) is 5.69 Å². The third-order valence-electron chi connectivity index (χ3n) is 3.75. The SMILES string of the molecule is COc1ccc(-n2c(=O)c(CCOC=O)nc3ccccc32)cc1Cl. The smallest absolute Gasteiger partial charge is 0.293 e. The molecule has 0 amide bonds. The Bertz CT molecular complexity index is 984. The van der Waals surface area contributed by atoms with E-state index in [1.807, 2.05) is 24.3 Å². The van der Waals surface area contributed by atoms with Gasteiger partial charge in [-0.1, -0.05) is 23.7 Å². The fraction of sp³-hybridized carbons (Fsp3) is 0.167. The number of rotatable bonds is 6. The number of benzene rings is 2. The van der Waals surface area contributed by atoms with Gasteiger partial charge in [0.05, 0.1) is 35.5 Å². The molecular formula is C18H15ClN2O4. The molecule has 3 aromatic rings. The van der Waals surface area contributed by atoms with E-state index in [0.717, 1.165) is 0 Å². The van der Waals surface area contributed by atoms with Gasteiger partial charge in [-0.2, -0.15) is 0 Å². The van der Waals surface area contributed by atoms with Gasteiger partial charge < -0.3 is 9.47 Å². The standard InChI is InChI=1S/C18H15ClN2O4/c1-24-17-7-6-12(10-13(17)19)21-16-5-3-2-4-14(16)20-15(18(21)23)8-9-25-11-22/h2-7,10-11H,8-9H2,1H3. The topological polar surface area (TPSA) is 70.4 Å². The normalized spacial score (nSPS) is 10.6.